The Hall–Kier alpha value is -0.810. The first-order chi connectivity index (χ1) is 7.18. The van der Waals surface area contributed by atoms with Crippen molar-refractivity contribution in [2.24, 2.45) is 0 Å². The zero-order valence-electron chi connectivity index (χ0n) is 9.07. The number of carbonyl (C=O) groups excluding carboxylic acids is 1. The third kappa shape index (κ3) is 2.23. The lowest BCUT2D eigenvalue weighted by atomic mass is 9.93. The summed E-state index contributed by atoms with van der Waals surface area (Å²) in [5, 5.41) is 15.7. The Labute approximate surface area is 89.8 Å². The molecule has 1 saturated carbocycles. The molecule has 3 N–H and O–H groups in total. The molecule has 0 unspecified atom stereocenters. The van der Waals surface area contributed by atoms with E-state index in [2.05, 4.69) is 10.6 Å². The third-order valence-electron chi connectivity index (χ3n) is 3.40. The van der Waals surface area contributed by atoms with E-state index in [1.165, 1.54) is 6.42 Å². The molecule has 0 aromatic carbocycles. The maximum absolute atomic E-state index is 11.8. The second-order valence-electron chi connectivity index (χ2n) is 4.48. The summed E-state index contributed by atoms with van der Waals surface area (Å²) in [6.45, 7) is 1.25. The van der Waals surface area contributed by atoms with Gasteiger partial charge in [-0.2, -0.15) is 0 Å². The standard InChI is InChI=1S/C10H19N3O2/c1-13(8-5-11-6-9(8)14)10(15)12-7-3-2-4-7/h7-9,11,14H,2-6H2,1H3,(H,12,15)/t8-,9-/m0/s1. The van der Waals surface area contributed by atoms with Crippen molar-refractivity contribution >= 4 is 6.03 Å². The van der Waals surface area contributed by atoms with Crippen LogP contribution in [-0.4, -0.2) is 54.4 Å². The Morgan fingerprint density at radius 3 is 2.67 bits per heavy atom. The zero-order chi connectivity index (χ0) is 10.8. The van der Waals surface area contributed by atoms with Gasteiger partial charge in [0.2, 0.25) is 0 Å². The van der Waals surface area contributed by atoms with Gasteiger partial charge in [0.05, 0.1) is 12.1 Å². The number of amides is 2. The highest BCUT2D eigenvalue weighted by atomic mass is 16.3. The first-order valence-corrected chi connectivity index (χ1v) is 5.60. The number of urea groups is 1. The van der Waals surface area contributed by atoms with Crippen LogP contribution in [0.5, 0.6) is 0 Å². The van der Waals surface area contributed by atoms with Crippen molar-refractivity contribution in [1.82, 2.24) is 15.5 Å². The Balaban J connectivity index is 1.82. The van der Waals surface area contributed by atoms with Gasteiger partial charge < -0.3 is 20.6 Å². The molecule has 1 aliphatic heterocycles. The summed E-state index contributed by atoms with van der Waals surface area (Å²) in [6.07, 6.45) is 2.94. The first-order valence-electron chi connectivity index (χ1n) is 5.60. The number of aliphatic hydroxyl groups is 1. The van der Waals surface area contributed by atoms with E-state index < -0.39 is 6.10 Å². The van der Waals surface area contributed by atoms with E-state index in [0.717, 1.165) is 12.8 Å². The molecule has 5 nitrogen and oxygen atoms in total. The van der Waals surface area contributed by atoms with Crippen molar-refractivity contribution in [3.05, 3.63) is 0 Å². The van der Waals surface area contributed by atoms with Crippen LogP contribution in [0.25, 0.3) is 0 Å². The Morgan fingerprint density at radius 1 is 1.47 bits per heavy atom. The molecule has 1 heterocycles. The van der Waals surface area contributed by atoms with Crippen LogP contribution in [0.3, 0.4) is 0 Å². The van der Waals surface area contributed by atoms with E-state index in [1.807, 2.05) is 0 Å². The molecule has 2 aliphatic rings. The fraction of sp³-hybridized carbons (Fsp3) is 0.900. The summed E-state index contributed by atoms with van der Waals surface area (Å²) in [5.74, 6) is 0. The van der Waals surface area contributed by atoms with Gasteiger partial charge in [0.25, 0.3) is 0 Å². The van der Waals surface area contributed by atoms with Crippen LogP contribution in [-0.2, 0) is 0 Å². The van der Waals surface area contributed by atoms with Crippen molar-refractivity contribution in [3.63, 3.8) is 0 Å². The van der Waals surface area contributed by atoms with Crippen LogP contribution < -0.4 is 10.6 Å². The minimum absolute atomic E-state index is 0.0625. The van der Waals surface area contributed by atoms with Crippen LogP contribution in [0.4, 0.5) is 4.79 Å². The van der Waals surface area contributed by atoms with Crippen LogP contribution >= 0.6 is 0 Å². The average molecular weight is 213 g/mol. The molecule has 0 aromatic rings. The van der Waals surface area contributed by atoms with Gasteiger partial charge in [0.1, 0.15) is 0 Å². The zero-order valence-corrected chi connectivity index (χ0v) is 9.07. The molecule has 1 saturated heterocycles. The summed E-state index contributed by atoms with van der Waals surface area (Å²) < 4.78 is 0. The first kappa shape index (κ1) is 10.7. The lowest BCUT2D eigenvalue weighted by Crippen LogP contribution is -2.52. The monoisotopic (exact) mass is 213 g/mol. The van der Waals surface area contributed by atoms with E-state index in [-0.39, 0.29) is 12.1 Å². The Bertz CT molecular complexity index is 243. The maximum Gasteiger partial charge on any atom is 0.317 e. The third-order valence-corrected chi connectivity index (χ3v) is 3.40. The number of likely N-dealkylation sites (N-methyl/N-ethyl adjacent to an activating group) is 1. The fourth-order valence-electron chi connectivity index (χ4n) is 2.03. The summed E-state index contributed by atoms with van der Waals surface area (Å²) in [4.78, 5) is 13.4. The largest absolute Gasteiger partial charge is 0.390 e. The van der Waals surface area contributed by atoms with Crippen molar-refractivity contribution < 1.29 is 9.90 Å². The van der Waals surface area contributed by atoms with Gasteiger partial charge >= 0.3 is 6.03 Å². The molecule has 15 heavy (non-hydrogen) atoms. The van der Waals surface area contributed by atoms with Crippen LogP contribution in [0.15, 0.2) is 0 Å². The summed E-state index contributed by atoms with van der Waals surface area (Å²) >= 11 is 0. The van der Waals surface area contributed by atoms with E-state index in [4.69, 9.17) is 0 Å². The molecular formula is C10H19N3O2. The number of aliphatic hydroxyl groups excluding tert-OH is 1. The van der Waals surface area contributed by atoms with Gasteiger partial charge in [-0.1, -0.05) is 0 Å². The minimum Gasteiger partial charge on any atom is -0.390 e. The molecule has 86 valence electrons. The molecule has 2 rings (SSSR count). The summed E-state index contributed by atoms with van der Waals surface area (Å²) in [5.41, 5.74) is 0. The average Bonchev–Trinajstić information content (AvgIpc) is 2.56. The van der Waals surface area contributed by atoms with Crippen LogP contribution in [0, 0.1) is 0 Å². The lowest BCUT2D eigenvalue weighted by molar-refractivity contribution is 0.107. The Morgan fingerprint density at radius 2 is 2.20 bits per heavy atom. The highest BCUT2D eigenvalue weighted by molar-refractivity contribution is 5.74. The number of β-amino-alcohol motifs (C(OH)–C–C–N with tert-alkyl or cyclic N) is 1. The molecule has 0 bridgehead atoms. The maximum atomic E-state index is 11.8. The molecule has 2 fully saturated rings. The van der Waals surface area contributed by atoms with E-state index in [9.17, 15) is 9.90 Å². The SMILES string of the molecule is CN(C(=O)NC1CCC1)[C@H]1CNC[C@@H]1O. The highest BCUT2D eigenvalue weighted by Gasteiger charge is 2.32. The van der Waals surface area contributed by atoms with E-state index in [0.29, 0.717) is 19.1 Å². The smallest absolute Gasteiger partial charge is 0.317 e. The van der Waals surface area contributed by atoms with E-state index in [1.54, 1.807) is 11.9 Å². The number of carbonyl (C=O) groups is 1. The fourth-order valence-corrected chi connectivity index (χ4v) is 2.03. The molecule has 0 spiro atoms. The van der Waals surface area contributed by atoms with E-state index >= 15 is 0 Å². The second kappa shape index (κ2) is 4.37. The van der Waals surface area contributed by atoms with Gasteiger partial charge in [0.15, 0.2) is 0 Å². The topological polar surface area (TPSA) is 64.6 Å². The number of hydrogen-bond donors (Lipinski definition) is 3. The molecule has 2 amide bonds. The number of rotatable bonds is 2. The second-order valence-corrected chi connectivity index (χ2v) is 4.48. The van der Waals surface area contributed by atoms with Crippen LogP contribution in [0.1, 0.15) is 19.3 Å². The molecular weight excluding hydrogens is 194 g/mol. The van der Waals surface area contributed by atoms with Crippen molar-refractivity contribution in [2.45, 2.75) is 37.5 Å². The van der Waals surface area contributed by atoms with Gasteiger partial charge in [-0.15, -0.1) is 0 Å². The number of hydrogen-bond acceptors (Lipinski definition) is 3. The normalized spacial score (nSPS) is 31.1. The highest BCUT2D eigenvalue weighted by Crippen LogP contribution is 2.18. The predicted molar refractivity (Wildman–Crippen MR) is 56.6 cm³/mol. The molecule has 0 aromatic heterocycles. The lowest BCUT2D eigenvalue weighted by Gasteiger charge is -2.32. The van der Waals surface area contributed by atoms with Crippen molar-refractivity contribution in [3.8, 4) is 0 Å². The van der Waals surface area contributed by atoms with Crippen LogP contribution in [0.2, 0.25) is 0 Å². The molecule has 1 aliphatic carbocycles. The molecule has 5 heteroatoms. The number of nitrogens with zero attached hydrogens (tertiary/aromatic N) is 1. The van der Waals surface area contributed by atoms with Gasteiger partial charge in [-0.25, -0.2) is 4.79 Å². The Kier molecular flexibility index (Phi) is 3.11. The van der Waals surface area contributed by atoms with Gasteiger partial charge in [0, 0.05) is 26.2 Å². The summed E-state index contributed by atoms with van der Waals surface area (Å²) in [7, 11) is 1.74. The van der Waals surface area contributed by atoms with Crippen molar-refractivity contribution in [2.75, 3.05) is 20.1 Å². The predicted octanol–water partition coefficient (Wildman–Crippen LogP) is -0.487. The number of nitrogens with one attached hydrogen (secondary N) is 2. The van der Waals surface area contributed by atoms with Crippen molar-refractivity contribution in [1.29, 1.82) is 0 Å². The quantitative estimate of drug-likeness (QED) is 0.580. The van der Waals surface area contributed by atoms with Gasteiger partial charge in [-0.3, -0.25) is 0 Å². The van der Waals surface area contributed by atoms with Gasteiger partial charge in [-0.05, 0) is 19.3 Å². The molecule has 2 atom stereocenters. The minimum atomic E-state index is -0.442. The summed E-state index contributed by atoms with van der Waals surface area (Å²) in [6, 6.07) is 0.198. The molecule has 0 radical (unpaired) electrons.